The molecule has 0 N–H and O–H groups in total. The van der Waals surface area contributed by atoms with Gasteiger partial charge in [0.05, 0.1) is 18.7 Å². The zero-order valence-electron chi connectivity index (χ0n) is 21.0. The fourth-order valence-electron chi connectivity index (χ4n) is 3.65. The van der Waals surface area contributed by atoms with Gasteiger partial charge >= 0.3 is 11.9 Å². The molecule has 2 aromatic rings. The highest BCUT2D eigenvalue weighted by atomic mass is 32.2. The van der Waals surface area contributed by atoms with Gasteiger partial charge in [-0.1, -0.05) is 38.1 Å². The molecule has 0 radical (unpaired) electrons. The summed E-state index contributed by atoms with van der Waals surface area (Å²) >= 11 is 1.27. The van der Waals surface area contributed by atoms with Gasteiger partial charge in [0.15, 0.2) is 6.73 Å². The van der Waals surface area contributed by atoms with Crippen LogP contribution in [0.3, 0.4) is 0 Å². The molecular weight excluding hydrogens is 482 g/mol. The summed E-state index contributed by atoms with van der Waals surface area (Å²) in [5, 5.41) is 0. The van der Waals surface area contributed by atoms with Crippen molar-refractivity contribution in [1.29, 1.82) is 0 Å². The van der Waals surface area contributed by atoms with Gasteiger partial charge < -0.3 is 23.8 Å². The van der Waals surface area contributed by atoms with Gasteiger partial charge in [0, 0.05) is 0 Å². The van der Waals surface area contributed by atoms with Gasteiger partial charge in [-0.05, 0) is 55.3 Å². The molecule has 0 aliphatic carbocycles. The number of carbonyl (C=O) groups excluding carboxylic acids is 3. The lowest BCUT2D eigenvalue weighted by Crippen LogP contribution is -2.45. The van der Waals surface area contributed by atoms with Gasteiger partial charge in [0.2, 0.25) is 4.75 Å². The third-order valence-corrected chi connectivity index (χ3v) is 7.42. The number of para-hydroxylation sites is 1. The molecule has 0 bridgehead atoms. The Morgan fingerprint density at radius 1 is 1.03 bits per heavy atom. The molecule has 194 valence electrons. The summed E-state index contributed by atoms with van der Waals surface area (Å²) in [6.45, 7) is 6.61. The highest BCUT2D eigenvalue weighted by Crippen LogP contribution is 2.33. The number of carbonyl (C=O) groups is 3. The molecule has 1 atom stereocenters. The van der Waals surface area contributed by atoms with E-state index in [4.69, 9.17) is 18.9 Å². The molecule has 0 saturated carbocycles. The summed E-state index contributed by atoms with van der Waals surface area (Å²) in [6.07, 6.45) is 1.12. The molecular formula is C27H33NO7S. The topological polar surface area (TPSA) is 91.4 Å². The SMILES string of the molecule is CCCSC(CC)(C(=O)OCC)C(=O)OCc1ccc(OCCN2COc3ccccc3C2=O)cc1. The number of esters is 2. The molecule has 9 heteroatoms. The lowest BCUT2D eigenvalue weighted by molar-refractivity contribution is -0.159. The predicted octanol–water partition coefficient (Wildman–Crippen LogP) is 4.46. The van der Waals surface area contributed by atoms with Crippen molar-refractivity contribution in [3.8, 4) is 11.5 Å². The van der Waals surface area contributed by atoms with Gasteiger partial charge in [-0.15, -0.1) is 11.8 Å². The van der Waals surface area contributed by atoms with Crippen LogP contribution in [-0.4, -0.2) is 59.7 Å². The first-order valence-corrected chi connectivity index (χ1v) is 13.1. The highest BCUT2D eigenvalue weighted by molar-refractivity contribution is 8.02. The Morgan fingerprint density at radius 3 is 2.44 bits per heavy atom. The van der Waals surface area contributed by atoms with Crippen LogP contribution in [0.15, 0.2) is 48.5 Å². The lowest BCUT2D eigenvalue weighted by atomic mass is 10.1. The smallest absolute Gasteiger partial charge is 0.334 e. The molecule has 1 unspecified atom stereocenters. The largest absolute Gasteiger partial charge is 0.492 e. The number of hydrogen-bond acceptors (Lipinski definition) is 8. The average molecular weight is 516 g/mol. The Hall–Kier alpha value is -3.20. The standard InChI is InChI=1S/C27H33NO7S/c1-4-17-36-27(5-2,25(30)32-6-3)26(31)34-18-20-11-13-21(14-12-20)33-16-15-28-19-35-23-10-8-7-9-22(23)24(28)29/h7-14H,4-6,15-19H2,1-3H3. The van der Waals surface area contributed by atoms with Crippen LogP contribution < -0.4 is 9.47 Å². The molecule has 0 saturated heterocycles. The van der Waals surface area contributed by atoms with Gasteiger partial charge in [0.1, 0.15) is 24.7 Å². The van der Waals surface area contributed by atoms with Gasteiger partial charge in [-0.3, -0.25) is 4.79 Å². The van der Waals surface area contributed by atoms with E-state index < -0.39 is 16.7 Å². The first-order chi connectivity index (χ1) is 17.4. The van der Waals surface area contributed by atoms with Crippen molar-refractivity contribution in [3.05, 3.63) is 59.7 Å². The van der Waals surface area contributed by atoms with E-state index in [9.17, 15) is 14.4 Å². The maximum absolute atomic E-state index is 12.9. The Morgan fingerprint density at radius 2 is 1.75 bits per heavy atom. The monoisotopic (exact) mass is 515 g/mol. The van der Waals surface area contributed by atoms with Crippen LogP contribution in [0.1, 0.15) is 49.5 Å². The summed E-state index contributed by atoms with van der Waals surface area (Å²) < 4.78 is 20.8. The number of benzene rings is 2. The quantitative estimate of drug-likeness (QED) is 0.285. The van der Waals surface area contributed by atoms with Crippen molar-refractivity contribution in [3.63, 3.8) is 0 Å². The summed E-state index contributed by atoms with van der Waals surface area (Å²) in [5.74, 6) is 0.649. The third-order valence-electron chi connectivity index (χ3n) is 5.69. The molecule has 1 heterocycles. The molecule has 2 aromatic carbocycles. The molecule has 0 spiro atoms. The van der Waals surface area contributed by atoms with Crippen molar-refractivity contribution in [1.82, 2.24) is 4.90 Å². The Labute approximate surface area is 216 Å². The second kappa shape index (κ2) is 13.2. The summed E-state index contributed by atoms with van der Waals surface area (Å²) in [5.41, 5.74) is 1.31. The zero-order valence-corrected chi connectivity index (χ0v) is 21.8. The van der Waals surface area contributed by atoms with Gasteiger partial charge in [-0.25, -0.2) is 9.59 Å². The van der Waals surface area contributed by atoms with Crippen molar-refractivity contribution in [2.45, 2.75) is 45.0 Å². The second-order valence-corrected chi connectivity index (χ2v) is 9.55. The van der Waals surface area contributed by atoms with Crippen LogP contribution in [0.25, 0.3) is 0 Å². The molecule has 0 fully saturated rings. The molecule has 1 aliphatic rings. The van der Waals surface area contributed by atoms with Crippen molar-refractivity contribution in [2.24, 2.45) is 0 Å². The van der Waals surface area contributed by atoms with Crippen molar-refractivity contribution < 1.29 is 33.3 Å². The molecule has 0 aromatic heterocycles. The van der Waals surface area contributed by atoms with E-state index in [-0.39, 0.29) is 32.3 Å². The minimum absolute atomic E-state index is 0.0337. The molecule has 8 nitrogen and oxygen atoms in total. The minimum Gasteiger partial charge on any atom is -0.492 e. The predicted molar refractivity (Wildman–Crippen MR) is 137 cm³/mol. The number of thioether (sulfide) groups is 1. The number of nitrogens with zero attached hydrogens (tertiary/aromatic N) is 1. The number of hydrogen-bond donors (Lipinski definition) is 0. The first-order valence-electron chi connectivity index (χ1n) is 12.2. The van der Waals surface area contributed by atoms with Crippen LogP contribution >= 0.6 is 11.8 Å². The fourth-order valence-corrected chi connectivity index (χ4v) is 4.76. The van der Waals surface area contributed by atoms with E-state index in [2.05, 4.69) is 0 Å². The maximum Gasteiger partial charge on any atom is 0.334 e. The molecule has 1 aliphatic heterocycles. The van der Waals surface area contributed by atoms with Crippen molar-refractivity contribution >= 4 is 29.6 Å². The minimum atomic E-state index is -1.36. The average Bonchev–Trinajstić information content (AvgIpc) is 2.90. The Bertz CT molecular complexity index is 1040. The van der Waals surface area contributed by atoms with E-state index in [1.807, 2.05) is 19.1 Å². The van der Waals surface area contributed by atoms with E-state index >= 15 is 0 Å². The van der Waals surface area contributed by atoms with E-state index in [1.165, 1.54) is 11.8 Å². The van der Waals surface area contributed by atoms with E-state index in [1.54, 1.807) is 55.1 Å². The van der Waals surface area contributed by atoms with Crippen LogP contribution in [0, 0.1) is 0 Å². The van der Waals surface area contributed by atoms with E-state index in [0.717, 1.165) is 12.0 Å². The second-order valence-electron chi connectivity index (χ2n) is 8.16. The Kier molecular flexibility index (Phi) is 10.0. The molecule has 3 rings (SSSR count). The third kappa shape index (κ3) is 6.51. The van der Waals surface area contributed by atoms with Crippen molar-refractivity contribution in [2.75, 3.05) is 32.2 Å². The van der Waals surface area contributed by atoms with Crippen LogP contribution in [0.5, 0.6) is 11.5 Å². The van der Waals surface area contributed by atoms with Gasteiger partial charge in [0.25, 0.3) is 5.91 Å². The van der Waals surface area contributed by atoms with Crippen LogP contribution in [0.4, 0.5) is 0 Å². The van der Waals surface area contributed by atoms with Gasteiger partial charge in [-0.2, -0.15) is 0 Å². The summed E-state index contributed by atoms with van der Waals surface area (Å²) in [7, 11) is 0. The molecule has 36 heavy (non-hydrogen) atoms. The zero-order chi connectivity index (χ0) is 26.0. The van der Waals surface area contributed by atoms with Crippen LogP contribution in [0.2, 0.25) is 0 Å². The normalized spacial score (nSPS) is 14.3. The number of amides is 1. The maximum atomic E-state index is 12.9. The fraction of sp³-hybridized carbons (Fsp3) is 0.444. The van der Waals surface area contributed by atoms with E-state index in [0.29, 0.717) is 36.0 Å². The number of fused-ring (bicyclic) bond motifs is 1. The highest BCUT2D eigenvalue weighted by Gasteiger charge is 2.48. The number of rotatable bonds is 13. The van der Waals surface area contributed by atoms with Crippen LogP contribution in [-0.2, 0) is 25.7 Å². The lowest BCUT2D eigenvalue weighted by Gasteiger charge is -2.28. The summed E-state index contributed by atoms with van der Waals surface area (Å²) in [4.78, 5) is 39.7. The Balaban J connectivity index is 1.50. The number of ether oxygens (including phenoxy) is 4. The first kappa shape index (κ1) is 27.4. The molecule has 1 amide bonds. The summed E-state index contributed by atoms with van der Waals surface area (Å²) in [6, 6.07) is 14.3.